The second-order valence-corrected chi connectivity index (χ2v) is 9.19. The zero-order valence-corrected chi connectivity index (χ0v) is 21.7. The molecule has 0 radical (unpaired) electrons. The summed E-state index contributed by atoms with van der Waals surface area (Å²) in [5.74, 6) is -0.535. The average Bonchev–Trinajstić information content (AvgIpc) is 3.15. The second-order valence-electron chi connectivity index (χ2n) is 8.81. The van der Waals surface area contributed by atoms with E-state index >= 15 is 0 Å². The predicted octanol–water partition coefficient (Wildman–Crippen LogP) is 6.92. The number of halogens is 3. The van der Waals surface area contributed by atoms with Crippen molar-refractivity contribution in [3.8, 4) is 5.75 Å². The maximum atomic E-state index is 14.9. The van der Waals surface area contributed by atoms with Gasteiger partial charge in [0.15, 0.2) is 6.73 Å². The molecular formula is C29H28ClF2N3O2. The van der Waals surface area contributed by atoms with Gasteiger partial charge in [-0.25, -0.2) is 8.78 Å². The Hall–Kier alpha value is -3.71. The average molecular weight is 524 g/mol. The SMILES string of the molecule is CCN1/C(=C\C=N/COC(=N)c2ccccc2)C(C)(Cc2c(F)ccc(F)c2Cl)c2cc(OC)ccc21. The van der Waals surface area contributed by atoms with Gasteiger partial charge in [0.05, 0.1) is 12.1 Å². The number of rotatable bonds is 8. The van der Waals surface area contributed by atoms with Gasteiger partial charge in [0.1, 0.15) is 17.4 Å². The monoisotopic (exact) mass is 523 g/mol. The summed E-state index contributed by atoms with van der Waals surface area (Å²) in [6.45, 7) is 4.60. The molecule has 1 aliphatic heterocycles. The van der Waals surface area contributed by atoms with E-state index in [1.807, 2.05) is 56.3 Å². The molecule has 1 aliphatic rings. The van der Waals surface area contributed by atoms with Crippen LogP contribution in [0, 0.1) is 17.0 Å². The molecule has 0 amide bonds. The number of likely N-dealkylation sites (N-methyl/N-ethyl adjacent to an activating group) is 1. The minimum atomic E-state index is -0.762. The first kappa shape index (κ1) is 26.4. The number of allylic oxidation sites excluding steroid dienone is 2. The molecule has 4 rings (SSSR count). The molecule has 3 aromatic carbocycles. The highest BCUT2D eigenvalue weighted by Gasteiger charge is 2.44. The highest BCUT2D eigenvalue weighted by molar-refractivity contribution is 6.31. The van der Waals surface area contributed by atoms with Crippen LogP contribution in [0.2, 0.25) is 5.02 Å². The van der Waals surface area contributed by atoms with E-state index in [1.165, 1.54) is 0 Å². The third-order valence-corrected chi connectivity index (χ3v) is 7.00. The first-order valence-corrected chi connectivity index (χ1v) is 12.2. The third-order valence-electron chi connectivity index (χ3n) is 6.59. The molecule has 1 atom stereocenters. The maximum Gasteiger partial charge on any atom is 0.215 e. The van der Waals surface area contributed by atoms with E-state index in [2.05, 4.69) is 9.89 Å². The van der Waals surface area contributed by atoms with E-state index in [0.29, 0.717) is 17.9 Å². The number of anilines is 1. The van der Waals surface area contributed by atoms with Gasteiger partial charge in [-0.15, -0.1) is 0 Å². The molecule has 37 heavy (non-hydrogen) atoms. The first-order chi connectivity index (χ1) is 17.8. The lowest BCUT2D eigenvalue weighted by Crippen LogP contribution is -2.31. The van der Waals surface area contributed by atoms with Crippen molar-refractivity contribution in [3.05, 3.63) is 106 Å². The summed E-state index contributed by atoms with van der Waals surface area (Å²) in [5.41, 5.74) is 2.71. The normalized spacial score (nSPS) is 17.9. The number of fused-ring (bicyclic) bond motifs is 1. The topological polar surface area (TPSA) is 57.9 Å². The van der Waals surface area contributed by atoms with Crippen molar-refractivity contribution in [2.24, 2.45) is 4.99 Å². The molecular weight excluding hydrogens is 496 g/mol. The molecule has 1 N–H and O–H groups in total. The number of hydrogen-bond acceptors (Lipinski definition) is 5. The van der Waals surface area contributed by atoms with E-state index in [-0.39, 0.29) is 29.6 Å². The Bertz CT molecular complexity index is 1360. The minimum Gasteiger partial charge on any atom is -0.497 e. The van der Waals surface area contributed by atoms with Crippen molar-refractivity contribution < 1.29 is 18.3 Å². The molecule has 1 unspecified atom stereocenters. The van der Waals surface area contributed by atoms with Crippen LogP contribution in [0.1, 0.15) is 30.5 Å². The predicted molar refractivity (Wildman–Crippen MR) is 144 cm³/mol. The van der Waals surface area contributed by atoms with E-state index in [0.717, 1.165) is 29.1 Å². The quantitative estimate of drug-likeness (QED) is 0.198. The van der Waals surface area contributed by atoms with Crippen molar-refractivity contribution in [2.45, 2.75) is 25.7 Å². The standard InChI is InChI=1S/C29H28ClF2N3O2/c1-4-35-25-13-10-20(36-3)16-22(25)29(2,17-21-23(31)11-12-24(32)27(21)30)26(35)14-15-34-18-37-28(33)19-8-6-5-7-9-19/h5-16,33H,4,17-18H2,1-3H3/b26-14-,33-28?,34-15-. The molecule has 1 heterocycles. The van der Waals surface area contributed by atoms with Crippen LogP contribution >= 0.6 is 11.6 Å². The summed E-state index contributed by atoms with van der Waals surface area (Å²) in [5, 5.41) is 7.83. The molecule has 0 aliphatic carbocycles. The number of methoxy groups -OCH3 is 1. The lowest BCUT2D eigenvalue weighted by molar-refractivity contribution is 0.317. The summed E-state index contributed by atoms with van der Waals surface area (Å²) in [6.07, 6.45) is 3.58. The molecule has 8 heteroatoms. The Morgan fingerprint density at radius 2 is 1.84 bits per heavy atom. The number of hydrogen-bond donors (Lipinski definition) is 1. The summed E-state index contributed by atoms with van der Waals surface area (Å²) in [6, 6.07) is 17.0. The molecule has 0 aromatic heterocycles. The molecule has 3 aromatic rings. The van der Waals surface area contributed by atoms with Crippen LogP contribution < -0.4 is 9.64 Å². The van der Waals surface area contributed by atoms with Gasteiger partial charge < -0.3 is 14.4 Å². The van der Waals surface area contributed by atoms with Gasteiger partial charge in [-0.05, 0) is 74.4 Å². The third kappa shape index (κ3) is 5.23. The molecule has 0 saturated heterocycles. The van der Waals surface area contributed by atoms with Gasteiger partial charge in [0.25, 0.3) is 0 Å². The van der Waals surface area contributed by atoms with Crippen LogP contribution in [0.3, 0.4) is 0 Å². The van der Waals surface area contributed by atoms with Crippen LogP contribution in [0.5, 0.6) is 5.75 Å². The van der Waals surface area contributed by atoms with Crippen LogP contribution in [0.15, 0.2) is 77.4 Å². The van der Waals surface area contributed by atoms with Crippen LogP contribution in [0.4, 0.5) is 14.5 Å². The number of nitrogens with zero attached hydrogens (tertiary/aromatic N) is 2. The minimum absolute atomic E-state index is 0.0296. The smallest absolute Gasteiger partial charge is 0.215 e. The summed E-state index contributed by atoms with van der Waals surface area (Å²) in [4.78, 5) is 6.42. The lowest BCUT2D eigenvalue weighted by Gasteiger charge is -2.30. The molecule has 0 saturated carbocycles. The fraction of sp³-hybridized carbons (Fsp3) is 0.241. The van der Waals surface area contributed by atoms with E-state index < -0.39 is 17.0 Å². The fourth-order valence-corrected chi connectivity index (χ4v) is 4.93. The van der Waals surface area contributed by atoms with Gasteiger partial charge in [0, 0.05) is 40.7 Å². The number of benzene rings is 3. The molecule has 0 bridgehead atoms. The molecule has 0 fully saturated rings. The van der Waals surface area contributed by atoms with E-state index in [1.54, 1.807) is 25.5 Å². The molecule has 0 spiro atoms. The van der Waals surface area contributed by atoms with Crippen LogP contribution in [0.25, 0.3) is 0 Å². The van der Waals surface area contributed by atoms with Crippen LogP contribution in [-0.2, 0) is 16.6 Å². The van der Waals surface area contributed by atoms with Crippen molar-refractivity contribution in [1.29, 1.82) is 5.41 Å². The maximum absolute atomic E-state index is 14.9. The lowest BCUT2D eigenvalue weighted by atomic mass is 9.76. The Morgan fingerprint density at radius 3 is 2.54 bits per heavy atom. The summed E-state index contributed by atoms with van der Waals surface area (Å²) >= 11 is 6.23. The Balaban J connectivity index is 1.68. The van der Waals surface area contributed by atoms with Gasteiger partial charge in [-0.3, -0.25) is 10.4 Å². The largest absolute Gasteiger partial charge is 0.497 e. The van der Waals surface area contributed by atoms with Gasteiger partial charge >= 0.3 is 0 Å². The van der Waals surface area contributed by atoms with Gasteiger partial charge in [-0.2, -0.15) is 0 Å². The van der Waals surface area contributed by atoms with Gasteiger partial charge in [-0.1, -0.05) is 29.8 Å². The summed E-state index contributed by atoms with van der Waals surface area (Å²) < 4.78 is 40.1. The van der Waals surface area contributed by atoms with Crippen LogP contribution in [-0.4, -0.2) is 32.5 Å². The Morgan fingerprint density at radius 1 is 1.11 bits per heavy atom. The van der Waals surface area contributed by atoms with E-state index in [9.17, 15) is 8.78 Å². The van der Waals surface area contributed by atoms with Crippen molar-refractivity contribution in [1.82, 2.24) is 0 Å². The molecule has 5 nitrogen and oxygen atoms in total. The summed E-state index contributed by atoms with van der Waals surface area (Å²) in [7, 11) is 1.59. The highest BCUT2D eigenvalue weighted by atomic mass is 35.5. The Labute approximate surface area is 220 Å². The van der Waals surface area contributed by atoms with Crippen molar-refractivity contribution in [2.75, 3.05) is 25.3 Å². The van der Waals surface area contributed by atoms with Crippen molar-refractivity contribution >= 4 is 29.4 Å². The first-order valence-electron chi connectivity index (χ1n) is 11.9. The Kier molecular flexibility index (Phi) is 7.93. The number of nitrogens with one attached hydrogen (secondary N) is 1. The van der Waals surface area contributed by atoms with Gasteiger partial charge in [0.2, 0.25) is 5.90 Å². The number of ether oxygens (including phenoxy) is 2. The fourth-order valence-electron chi connectivity index (χ4n) is 4.71. The zero-order chi connectivity index (χ0) is 26.6. The second kappa shape index (κ2) is 11.1. The molecule has 192 valence electrons. The van der Waals surface area contributed by atoms with E-state index in [4.69, 9.17) is 26.5 Å². The number of aliphatic imine (C=N–C) groups is 1. The zero-order valence-electron chi connectivity index (χ0n) is 20.9. The van der Waals surface area contributed by atoms with Crippen molar-refractivity contribution in [3.63, 3.8) is 0 Å². The highest BCUT2D eigenvalue weighted by Crippen LogP contribution is 2.51.